The van der Waals surface area contributed by atoms with Gasteiger partial charge in [-0.15, -0.1) is 0 Å². The van der Waals surface area contributed by atoms with Gasteiger partial charge in [0.05, 0.1) is 11.2 Å². The summed E-state index contributed by atoms with van der Waals surface area (Å²) in [7, 11) is 1.90. The van der Waals surface area contributed by atoms with Gasteiger partial charge in [-0.25, -0.2) is 4.79 Å². The van der Waals surface area contributed by atoms with Gasteiger partial charge in [-0.1, -0.05) is 24.3 Å². The molecular weight excluding hydrogens is 463 g/mol. The fraction of sp³-hybridized carbons (Fsp3) is 0.208. The number of carboxylic acids is 1. The minimum Gasteiger partial charge on any atom is -0.475 e. The smallest absolute Gasteiger partial charge is 0.475 e. The van der Waals surface area contributed by atoms with Crippen molar-refractivity contribution >= 4 is 22.8 Å². The Labute approximate surface area is 197 Å². The van der Waals surface area contributed by atoms with Crippen molar-refractivity contribution in [1.29, 1.82) is 0 Å². The Morgan fingerprint density at radius 2 is 1.83 bits per heavy atom. The number of nitrogens with zero attached hydrogens (tertiary/aromatic N) is 5. The molecule has 1 aromatic carbocycles. The maximum Gasteiger partial charge on any atom is 0.490 e. The van der Waals surface area contributed by atoms with E-state index in [1.165, 1.54) is 0 Å². The second kappa shape index (κ2) is 9.53. The molecule has 8 nitrogen and oxygen atoms in total. The summed E-state index contributed by atoms with van der Waals surface area (Å²) in [6.07, 6.45) is -0.902. The number of amides is 1. The zero-order valence-corrected chi connectivity index (χ0v) is 18.5. The molecule has 11 heteroatoms. The SMILES string of the molecule is Cn1nccc1-c1ccnc2c1CN(CCc1ccc3ccccc3n1)C2=O.O=C(O)C(F)(F)F. The van der Waals surface area contributed by atoms with Gasteiger partial charge in [0.1, 0.15) is 5.69 Å². The number of hydrogen-bond acceptors (Lipinski definition) is 5. The van der Waals surface area contributed by atoms with Gasteiger partial charge in [0, 0.05) is 61.2 Å². The molecule has 0 atom stereocenters. The van der Waals surface area contributed by atoms with E-state index < -0.39 is 12.1 Å². The van der Waals surface area contributed by atoms with Gasteiger partial charge in [0.15, 0.2) is 0 Å². The van der Waals surface area contributed by atoms with Gasteiger partial charge in [0.25, 0.3) is 5.91 Å². The van der Waals surface area contributed by atoms with Gasteiger partial charge in [0.2, 0.25) is 0 Å². The van der Waals surface area contributed by atoms with Crippen molar-refractivity contribution in [3.05, 3.63) is 77.9 Å². The van der Waals surface area contributed by atoms with Crippen molar-refractivity contribution in [2.24, 2.45) is 7.05 Å². The fourth-order valence-electron chi connectivity index (χ4n) is 3.80. The standard InChI is InChI=1S/C22H19N5O.C2HF3O2/c1-26-20(9-12-24-26)17-8-11-23-21-18(17)14-27(22(21)28)13-10-16-7-6-15-4-2-3-5-19(15)25-16;3-2(4,5)1(6)7/h2-9,11-12H,10,13-14H2,1H3;(H,6,7). The first-order valence-electron chi connectivity index (χ1n) is 10.6. The molecule has 180 valence electrons. The summed E-state index contributed by atoms with van der Waals surface area (Å²) >= 11 is 0. The Hall–Kier alpha value is -4.28. The van der Waals surface area contributed by atoms with Crippen LogP contribution in [0.1, 0.15) is 21.7 Å². The van der Waals surface area contributed by atoms with E-state index in [-0.39, 0.29) is 5.91 Å². The van der Waals surface area contributed by atoms with Crippen molar-refractivity contribution < 1.29 is 27.9 Å². The number of rotatable bonds is 4. The highest BCUT2D eigenvalue weighted by Crippen LogP contribution is 2.31. The van der Waals surface area contributed by atoms with Crippen LogP contribution < -0.4 is 0 Å². The van der Waals surface area contributed by atoms with Crippen LogP contribution in [-0.4, -0.2) is 54.4 Å². The second-order valence-corrected chi connectivity index (χ2v) is 7.80. The number of hydrogen-bond donors (Lipinski definition) is 1. The quantitative estimate of drug-likeness (QED) is 0.473. The van der Waals surface area contributed by atoms with Crippen LogP contribution >= 0.6 is 0 Å². The molecule has 1 aliphatic rings. The molecule has 4 heterocycles. The molecule has 0 radical (unpaired) electrons. The van der Waals surface area contributed by atoms with E-state index in [2.05, 4.69) is 22.2 Å². The maximum atomic E-state index is 12.9. The Bertz CT molecular complexity index is 1400. The van der Waals surface area contributed by atoms with E-state index in [0.717, 1.165) is 33.4 Å². The summed E-state index contributed by atoms with van der Waals surface area (Å²) in [6.45, 7) is 1.18. The lowest BCUT2D eigenvalue weighted by molar-refractivity contribution is -0.192. The zero-order chi connectivity index (χ0) is 25.2. The van der Waals surface area contributed by atoms with E-state index in [4.69, 9.17) is 14.9 Å². The van der Waals surface area contributed by atoms with Gasteiger partial charge >= 0.3 is 12.1 Å². The fourth-order valence-corrected chi connectivity index (χ4v) is 3.80. The van der Waals surface area contributed by atoms with Crippen molar-refractivity contribution in [2.45, 2.75) is 19.1 Å². The molecule has 1 amide bonds. The monoisotopic (exact) mass is 483 g/mol. The third kappa shape index (κ3) is 5.13. The van der Waals surface area contributed by atoms with Crippen LogP contribution in [0, 0.1) is 0 Å². The van der Waals surface area contributed by atoms with Crippen molar-refractivity contribution in [3.8, 4) is 11.3 Å². The predicted molar refractivity (Wildman–Crippen MR) is 120 cm³/mol. The molecule has 5 rings (SSSR count). The maximum absolute atomic E-state index is 12.9. The van der Waals surface area contributed by atoms with E-state index in [1.807, 2.05) is 53.0 Å². The minimum absolute atomic E-state index is 0.0141. The van der Waals surface area contributed by atoms with Crippen LogP contribution in [0.2, 0.25) is 0 Å². The molecule has 0 unspecified atom stereocenters. The number of benzene rings is 1. The molecule has 0 aliphatic carbocycles. The van der Waals surface area contributed by atoms with Gasteiger partial charge in [-0.2, -0.15) is 18.3 Å². The number of aliphatic carboxylic acids is 1. The lowest BCUT2D eigenvalue weighted by Gasteiger charge is -2.15. The molecule has 1 N–H and O–H groups in total. The topological polar surface area (TPSA) is 101 Å². The highest BCUT2D eigenvalue weighted by Gasteiger charge is 2.38. The molecule has 0 bridgehead atoms. The van der Waals surface area contributed by atoms with Gasteiger partial charge in [-0.3, -0.25) is 19.4 Å². The molecule has 4 aromatic rings. The van der Waals surface area contributed by atoms with E-state index in [1.54, 1.807) is 12.4 Å². The number of carbonyl (C=O) groups is 2. The predicted octanol–water partition coefficient (Wildman–Crippen LogP) is 3.86. The Morgan fingerprint density at radius 3 is 2.51 bits per heavy atom. The Kier molecular flexibility index (Phi) is 6.50. The van der Waals surface area contributed by atoms with Crippen LogP contribution in [0.5, 0.6) is 0 Å². The average Bonchev–Trinajstić information content (AvgIpc) is 3.40. The van der Waals surface area contributed by atoms with Crippen molar-refractivity contribution in [1.82, 2.24) is 24.6 Å². The normalized spacial score (nSPS) is 12.9. The number of pyridine rings is 2. The number of halogens is 3. The van der Waals surface area contributed by atoms with Crippen molar-refractivity contribution in [2.75, 3.05) is 6.54 Å². The summed E-state index contributed by atoms with van der Waals surface area (Å²) in [5, 5.41) is 12.5. The van der Waals surface area contributed by atoms with E-state index in [9.17, 15) is 18.0 Å². The molecule has 1 aliphatic heterocycles. The number of carbonyl (C=O) groups excluding carboxylic acids is 1. The number of para-hydroxylation sites is 1. The summed E-state index contributed by atoms with van der Waals surface area (Å²) in [4.78, 5) is 32.7. The highest BCUT2D eigenvalue weighted by atomic mass is 19.4. The lowest BCUT2D eigenvalue weighted by atomic mass is 10.1. The third-order valence-corrected chi connectivity index (χ3v) is 5.53. The molecule has 0 spiro atoms. The number of aromatic nitrogens is 4. The summed E-state index contributed by atoms with van der Waals surface area (Å²) in [5.74, 6) is -2.77. The molecule has 0 saturated heterocycles. The van der Waals surface area contributed by atoms with Crippen molar-refractivity contribution in [3.63, 3.8) is 0 Å². The van der Waals surface area contributed by atoms with Crippen LogP contribution in [0.15, 0.2) is 60.9 Å². The molecule has 0 saturated carbocycles. The Morgan fingerprint density at radius 1 is 1.09 bits per heavy atom. The Balaban J connectivity index is 0.000000364. The summed E-state index contributed by atoms with van der Waals surface area (Å²) in [5.41, 5.74) is 5.50. The van der Waals surface area contributed by atoms with E-state index >= 15 is 0 Å². The van der Waals surface area contributed by atoms with Gasteiger partial charge < -0.3 is 10.0 Å². The minimum atomic E-state index is -5.08. The van der Waals surface area contributed by atoms with Crippen LogP contribution in [0.4, 0.5) is 13.2 Å². The molecule has 3 aromatic heterocycles. The second-order valence-electron chi connectivity index (χ2n) is 7.80. The highest BCUT2D eigenvalue weighted by molar-refractivity contribution is 5.98. The number of alkyl halides is 3. The lowest BCUT2D eigenvalue weighted by Crippen LogP contribution is -2.26. The van der Waals surface area contributed by atoms with Crippen LogP contribution in [0.3, 0.4) is 0 Å². The first-order valence-corrected chi connectivity index (χ1v) is 10.6. The average molecular weight is 483 g/mol. The zero-order valence-electron chi connectivity index (χ0n) is 18.5. The van der Waals surface area contributed by atoms with Crippen LogP contribution in [-0.2, 0) is 24.8 Å². The molecule has 35 heavy (non-hydrogen) atoms. The molecular formula is C24H20F3N5O3. The third-order valence-electron chi connectivity index (χ3n) is 5.53. The van der Waals surface area contributed by atoms with Gasteiger partial charge in [-0.05, 0) is 24.3 Å². The summed E-state index contributed by atoms with van der Waals surface area (Å²) < 4.78 is 33.6. The van der Waals surface area contributed by atoms with Crippen LogP contribution in [0.25, 0.3) is 22.2 Å². The van der Waals surface area contributed by atoms with E-state index in [0.29, 0.717) is 25.2 Å². The number of fused-ring (bicyclic) bond motifs is 2. The first kappa shape index (κ1) is 23.9. The number of aryl methyl sites for hydroxylation is 1. The largest absolute Gasteiger partial charge is 0.490 e. The molecule has 0 fully saturated rings. The first-order chi connectivity index (χ1) is 16.6. The summed E-state index contributed by atoms with van der Waals surface area (Å²) in [6, 6.07) is 16.1. The number of carboxylic acid groups (broad SMARTS) is 1.